The van der Waals surface area contributed by atoms with Crippen molar-refractivity contribution < 1.29 is 46.3 Å². The van der Waals surface area contributed by atoms with Gasteiger partial charge in [-0.15, -0.1) is 0 Å². The van der Waals surface area contributed by atoms with Gasteiger partial charge in [-0.2, -0.15) is 0 Å². The minimum atomic E-state index is -0.248. The smallest absolute Gasteiger partial charge is 1.00 e. The summed E-state index contributed by atoms with van der Waals surface area (Å²) in [6.07, 6.45) is 1.39. The second kappa shape index (κ2) is 11.3. The average molecular weight is 246 g/mol. The van der Waals surface area contributed by atoms with Crippen molar-refractivity contribution in [3.8, 4) is 0 Å². The van der Waals surface area contributed by atoms with Crippen LogP contribution in [0.1, 0.15) is 13.8 Å². The number of rotatable bonds is 2. The maximum atomic E-state index is 10.1. The Labute approximate surface area is 78.8 Å². The quantitative estimate of drug-likeness (QED) is 0.391. The molecule has 50 valence electrons. The Morgan fingerprint density at radius 1 is 1.67 bits per heavy atom. The van der Waals surface area contributed by atoms with E-state index in [1.54, 1.807) is 13.8 Å². The van der Waals surface area contributed by atoms with Crippen LogP contribution in [-0.4, -0.2) is 6.61 Å². The molecule has 0 aromatic rings. The minimum Gasteiger partial charge on any atom is -1.00 e. The average Bonchev–Trinajstić information content (AvgIpc) is 1.68. The second-order valence-corrected chi connectivity index (χ2v) is 1.04. The van der Waals surface area contributed by atoms with Crippen molar-refractivity contribution in [2.24, 2.45) is 0 Å². The van der Waals surface area contributed by atoms with Crippen molar-refractivity contribution >= 4 is 0 Å². The van der Waals surface area contributed by atoms with Crippen LogP contribution in [0.25, 0.3) is 0 Å². The zero-order valence-electron chi connectivity index (χ0n) is 5.69. The topological polar surface area (TPSA) is 32.3 Å². The fraction of sp³-hybridized carbons (Fsp3) is 0.600. The molecule has 0 radical (unpaired) electrons. The molecule has 0 rings (SSSR count). The summed E-state index contributed by atoms with van der Waals surface area (Å²) >= 11 is 0. The van der Waals surface area contributed by atoms with E-state index in [-0.39, 0.29) is 42.4 Å². The maximum absolute atomic E-state index is 10.1. The summed E-state index contributed by atoms with van der Waals surface area (Å²) in [6, 6.07) is 0. The minimum absolute atomic E-state index is 0. The van der Waals surface area contributed by atoms with Crippen LogP contribution in [0, 0.1) is 0 Å². The first-order valence-electron chi connectivity index (χ1n) is 2.27. The predicted molar refractivity (Wildman–Crippen MR) is 25.4 cm³/mol. The van der Waals surface area contributed by atoms with Crippen LogP contribution in [0.2, 0.25) is 0 Å². The molecule has 0 saturated carbocycles. The normalized spacial score (nSPS) is 8.89. The summed E-state index contributed by atoms with van der Waals surface area (Å²) < 4.78 is 4.50. The number of ether oxygens (including phenoxy) is 1. The van der Waals surface area contributed by atoms with E-state index in [1.165, 1.54) is 6.08 Å². The van der Waals surface area contributed by atoms with Gasteiger partial charge in [-0.1, -0.05) is 13.0 Å². The van der Waals surface area contributed by atoms with Gasteiger partial charge in [-0.25, -0.2) is 0 Å². The zero-order chi connectivity index (χ0) is 5.70. The first kappa shape index (κ1) is 16.2. The van der Waals surface area contributed by atoms with E-state index in [2.05, 4.69) is 4.74 Å². The van der Waals surface area contributed by atoms with Crippen LogP contribution in [0.4, 0.5) is 0 Å². The second-order valence-electron chi connectivity index (χ2n) is 1.04. The van der Waals surface area contributed by atoms with E-state index in [0.717, 1.165) is 0 Å². The van der Waals surface area contributed by atoms with Crippen LogP contribution in [0.15, 0.2) is 12.0 Å². The fourth-order valence-corrected chi connectivity index (χ4v) is 0.226. The van der Waals surface area contributed by atoms with E-state index in [9.17, 15) is 5.11 Å². The Balaban J connectivity index is -0.000000180. The number of hydrogen-bond acceptors (Lipinski definition) is 2. The molecule has 0 aliphatic heterocycles. The van der Waals surface area contributed by atoms with Crippen molar-refractivity contribution in [3.63, 3.8) is 0 Å². The van der Waals surface area contributed by atoms with Gasteiger partial charge in [-0.05, 0) is 13.5 Å². The van der Waals surface area contributed by atoms with Crippen molar-refractivity contribution in [2.45, 2.75) is 13.8 Å². The summed E-state index contributed by atoms with van der Waals surface area (Å²) in [4.78, 5) is 0. The Bertz CT molecular complexity index is 75.4. The molecule has 0 aromatic heterocycles. The van der Waals surface area contributed by atoms with Gasteiger partial charge in [0.25, 0.3) is 0 Å². The van der Waals surface area contributed by atoms with Crippen molar-refractivity contribution in [1.29, 1.82) is 0 Å². The molecule has 0 N–H and O–H groups in total. The van der Waals surface area contributed by atoms with Crippen molar-refractivity contribution in [2.75, 3.05) is 6.61 Å². The molecule has 0 spiro atoms. The summed E-state index contributed by atoms with van der Waals surface area (Å²) in [5, 5.41) is 10.1. The van der Waals surface area contributed by atoms with Crippen molar-refractivity contribution in [3.05, 3.63) is 12.0 Å². The van der Waals surface area contributed by atoms with Gasteiger partial charge in [0, 0.05) is 5.95 Å². The molecule has 0 atom stereocenters. The summed E-state index contributed by atoms with van der Waals surface area (Å²) in [5.74, 6) is -0.248. The van der Waals surface area contributed by atoms with Crippen LogP contribution in [-0.2, 0) is 24.2 Å². The van der Waals surface area contributed by atoms with Gasteiger partial charge in [-0.3, -0.25) is 0 Å². The van der Waals surface area contributed by atoms with Gasteiger partial charge >= 0.3 is 19.5 Å². The summed E-state index contributed by atoms with van der Waals surface area (Å²) in [7, 11) is 0. The van der Waals surface area contributed by atoms with Crippen molar-refractivity contribution in [1.82, 2.24) is 0 Å². The number of hydrogen-bond donors (Lipinski definition) is 0. The van der Waals surface area contributed by atoms with Crippen LogP contribution in [0.5, 0.6) is 0 Å². The predicted octanol–water partition coefficient (Wildman–Crippen LogP) is -2.75. The van der Waals surface area contributed by atoms with Gasteiger partial charge in [0.1, 0.15) is 0 Å². The largest absolute Gasteiger partial charge is 2.00 e. The van der Waals surface area contributed by atoms with Gasteiger partial charge in [0.2, 0.25) is 0 Å². The SMILES string of the molecule is C/C=C(\[O-])OCC.[Br-].[Zn+2]. The van der Waals surface area contributed by atoms with Crippen LogP contribution < -0.4 is 22.1 Å². The molecule has 0 aromatic carbocycles. The van der Waals surface area contributed by atoms with E-state index < -0.39 is 0 Å². The summed E-state index contributed by atoms with van der Waals surface area (Å²) in [5.41, 5.74) is 0. The van der Waals surface area contributed by atoms with Crippen LogP contribution in [0.3, 0.4) is 0 Å². The fourth-order valence-electron chi connectivity index (χ4n) is 0.226. The molecule has 0 bridgehead atoms. The molecule has 0 amide bonds. The molecule has 0 aliphatic carbocycles. The zero-order valence-corrected chi connectivity index (χ0v) is 10.2. The first-order valence-corrected chi connectivity index (χ1v) is 2.27. The number of halogens is 1. The van der Waals surface area contributed by atoms with E-state index in [4.69, 9.17) is 0 Å². The van der Waals surface area contributed by atoms with E-state index >= 15 is 0 Å². The Morgan fingerprint density at radius 3 is 2.22 bits per heavy atom. The third-order valence-corrected chi connectivity index (χ3v) is 0.522. The standard InChI is InChI=1S/C5H10O2.BrH.Zn/c1-3-5(6)7-4-2;;/h3,6H,4H2,1-2H3;1H;/q;;+2/p-2/b5-3+;;. The maximum Gasteiger partial charge on any atom is 2.00 e. The molecule has 4 heteroatoms. The molecule has 0 saturated heterocycles. The molecule has 0 aliphatic rings. The number of allylic oxidation sites excluding steroid dienone is 1. The molecule has 9 heavy (non-hydrogen) atoms. The molecular formula is C5H9BrO2Zn. The Hall–Kier alpha value is 0.443. The third-order valence-electron chi connectivity index (χ3n) is 0.522. The Kier molecular flexibility index (Phi) is 20.3. The molecule has 0 unspecified atom stereocenters. The molecule has 0 fully saturated rings. The Morgan fingerprint density at radius 2 is 2.11 bits per heavy atom. The van der Waals surface area contributed by atoms with Gasteiger partial charge < -0.3 is 26.8 Å². The van der Waals surface area contributed by atoms with Gasteiger partial charge in [0.15, 0.2) is 0 Å². The third kappa shape index (κ3) is 11.8. The van der Waals surface area contributed by atoms with E-state index in [0.29, 0.717) is 6.61 Å². The van der Waals surface area contributed by atoms with Crippen LogP contribution >= 0.6 is 0 Å². The monoisotopic (exact) mass is 244 g/mol. The molecule has 0 heterocycles. The first-order chi connectivity index (χ1) is 3.31. The summed E-state index contributed by atoms with van der Waals surface area (Å²) in [6.45, 7) is 3.89. The van der Waals surface area contributed by atoms with E-state index in [1.807, 2.05) is 0 Å². The van der Waals surface area contributed by atoms with Gasteiger partial charge in [0.05, 0.1) is 0 Å². The molecular weight excluding hydrogens is 237 g/mol. The molecule has 2 nitrogen and oxygen atoms in total.